The minimum Gasteiger partial charge on any atom is -0.349 e. The Labute approximate surface area is 253 Å². The van der Waals surface area contributed by atoms with Crippen molar-refractivity contribution in [3.8, 4) is 0 Å². The number of amides is 2. The van der Waals surface area contributed by atoms with Gasteiger partial charge in [0, 0.05) is 54.1 Å². The summed E-state index contributed by atoms with van der Waals surface area (Å²) in [5.41, 5.74) is 1.81. The molecule has 1 aliphatic rings. The van der Waals surface area contributed by atoms with Crippen LogP contribution in [0.1, 0.15) is 85.1 Å². The molecule has 224 valence electrons. The number of hydrogen-bond donors (Lipinski definition) is 2. The molecule has 0 unspecified atom stereocenters. The standard InChI is InChI=1S/C33H46BrN3O4/c1-7-11-24(23(6)38)17-30(39)29(19-27-26-14-8-9-15-28(26)35-32(27)34)36-33(41)25(16-20(2)3)18-31(40)37-21(4)12-10-13-22(37)5/h7-9,14-15,20-22,24-25,29,35H,1,10-13,16-19H2,2-6H3,(H,36,41)/t21-,22+,24-,25+,29+/m0/s1. The lowest BCUT2D eigenvalue weighted by molar-refractivity contribution is -0.142. The number of nitrogens with one attached hydrogen (secondary N) is 2. The van der Waals surface area contributed by atoms with E-state index in [1.807, 2.05) is 43.0 Å². The fraction of sp³-hybridized carbons (Fsp3) is 0.576. The number of nitrogens with zero attached hydrogens (tertiary/aromatic N) is 1. The smallest absolute Gasteiger partial charge is 0.224 e. The third-order valence-electron chi connectivity index (χ3n) is 8.38. The zero-order valence-electron chi connectivity index (χ0n) is 25.2. The molecule has 3 rings (SSSR count). The number of fused-ring (bicyclic) bond motifs is 1. The Morgan fingerprint density at radius 1 is 1.10 bits per heavy atom. The first-order chi connectivity index (χ1) is 19.4. The van der Waals surface area contributed by atoms with E-state index < -0.39 is 17.9 Å². The molecule has 1 aromatic carbocycles. The summed E-state index contributed by atoms with van der Waals surface area (Å²) in [5, 5.41) is 4.00. The first-order valence-electron chi connectivity index (χ1n) is 14.9. The normalized spacial score (nSPS) is 19.5. The molecule has 41 heavy (non-hydrogen) atoms. The van der Waals surface area contributed by atoms with E-state index in [9.17, 15) is 19.2 Å². The number of piperidine rings is 1. The molecule has 1 aromatic heterocycles. The van der Waals surface area contributed by atoms with Gasteiger partial charge >= 0.3 is 0 Å². The molecule has 0 bridgehead atoms. The topological polar surface area (TPSA) is 99.3 Å². The Morgan fingerprint density at radius 3 is 2.37 bits per heavy atom. The molecule has 0 spiro atoms. The summed E-state index contributed by atoms with van der Waals surface area (Å²) in [4.78, 5) is 58.6. The number of likely N-dealkylation sites (tertiary alicyclic amines) is 1. The number of allylic oxidation sites excluding steroid dienone is 1. The number of aromatic amines is 1. The van der Waals surface area contributed by atoms with Crippen molar-refractivity contribution in [3.63, 3.8) is 0 Å². The minimum atomic E-state index is -0.845. The molecule has 2 amide bonds. The highest BCUT2D eigenvalue weighted by atomic mass is 79.9. The molecule has 1 fully saturated rings. The molecule has 7 nitrogen and oxygen atoms in total. The van der Waals surface area contributed by atoms with Crippen molar-refractivity contribution in [3.05, 3.63) is 47.1 Å². The van der Waals surface area contributed by atoms with Gasteiger partial charge in [0.15, 0.2) is 5.78 Å². The number of H-pyrrole nitrogens is 1. The highest BCUT2D eigenvalue weighted by Crippen LogP contribution is 2.29. The van der Waals surface area contributed by atoms with Gasteiger partial charge in [-0.05, 0) is 86.4 Å². The summed E-state index contributed by atoms with van der Waals surface area (Å²) in [5.74, 6) is -1.42. The summed E-state index contributed by atoms with van der Waals surface area (Å²) in [6, 6.07) is 7.26. The van der Waals surface area contributed by atoms with Gasteiger partial charge in [-0.1, -0.05) is 38.1 Å². The number of carbonyl (C=O) groups is 4. The van der Waals surface area contributed by atoms with Gasteiger partial charge in [-0.2, -0.15) is 0 Å². The molecule has 8 heteroatoms. The van der Waals surface area contributed by atoms with E-state index in [-0.39, 0.29) is 60.6 Å². The summed E-state index contributed by atoms with van der Waals surface area (Å²) in [6.07, 6.45) is 6.01. The van der Waals surface area contributed by atoms with Gasteiger partial charge in [-0.15, -0.1) is 6.58 Å². The van der Waals surface area contributed by atoms with Crippen molar-refractivity contribution in [2.45, 2.75) is 104 Å². The lowest BCUT2D eigenvalue weighted by Gasteiger charge is -2.40. The number of Topliss-reactive ketones (excluding diaryl/α,β-unsaturated/α-hetero) is 2. The molecule has 0 saturated carbocycles. The van der Waals surface area contributed by atoms with Crippen LogP contribution in [-0.4, -0.2) is 51.4 Å². The second-order valence-corrected chi connectivity index (χ2v) is 13.0. The quantitative estimate of drug-likeness (QED) is 0.232. The van der Waals surface area contributed by atoms with Crippen LogP contribution in [0.5, 0.6) is 0 Å². The molecule has 1 saturated heterocycles. The Morgan fingerprint density at radius 2 is 1.76 bits per heavy atom. The van der Waals surface area contributed by atoms with E-state index in [0.29, 0.717) is 12.8 Å². The van der Waals surface area contributed by atoms with Crippen LogP contribution >= 0.6 is 15.9 Å². The van der Waals surface area contributed by atoms with Gasteiger partial charge in [0.1, 0.15) is 5.78 Å². The third-order valence-corrected chi connectivity index (χ3v) is 9.05. The molecule has 2 N–H and O–H groups in total. The molecule has 1 aliphatic heterocycles. The summed E-state index contributed by atoms with van der Waals surface area (Å²) >= 11 is 3.60. The number of hydrogen-bond acceptors (Lipinski definition) is 4. The monoisotopic (exact) mass is 627 g/mol. The van der Waals surface area contributed by atoms with E-state index in [1.165, 1.54) is 6.92 Å². The average molecular weight is 629 g/mol. The van der Waals surface area contributed by atoms with E-state index in [1.54, 1.807) is 6.08 Å². The van der Waals surface area contributed by atoms with Crippen LogP contribution in [0.25, 0.3) is 10.9 Å². The van der Waals surface area contributed by atoms with Gasteiger partial charge < -0.3 is 15.2 Å². The number of aromatic nitrogens is 1. The predicted molar refractivity (Wildman–Crippen MR) is 167 cm³/mol. The van der Waals surface area contributed by atoms with Crippen molar-refractivity contribution in [2.24, 2.45) is 17.8 Å². The third kappa shape index (κ3) is 8.63. The lowest BCUT2D eigenvalue weighted by Crippen LogP contribution is -2.50. The van der Waals surface area contributed by atoms with Crippen LogP contribution in [-0.2, 0) is 25.6 Å². The summed E-state index contributed by atoms with van der Waals surface area (Å²) in [7, 11) is 0. The average Bonchev–Trinajstić information content (AvgIpc) is 3.21. The highest BCUT2D eigenvalue weighted by molar-refractivity contribution is 9.10. The van der Waals surface area contributed by atoms with E-state index >= 15 is 0 Å². The minimum absolute atomic E-state index is 0.00428. The van der Waals surface area contributed by atoms with E-state index in [0.717, 1.165) is 40.3 Å². The van der Waals surface area contributed by atoms with Crippen LogP contribution in [0.2, 0.25) is 0 Å². The molecule has 5 atom stereocenters. The Kier molecular flexibility index (Phi) is 11.9. The van der Waals surface area contributed by atoms with Gasteiger partial charge in [0.2, 0.25) is 11.8 Å². The van der Waals surface area contributed by atoms with Crippen molar-refractivity contribution in [2.75, 3.05) is 0 Å². The molecule has 0 aliphatic carbocycles. The van der Waals surface area contributed by atoms with Crippen LogP contribution < -0.4 is 5.32 Å². The molecule has 2 heterocycles. The van der Waals surface area contributed by atoms with Crippen LogP contribution in [0.3, 0.4) is 0 Å². The Hall–Kier alpha value is -2.74. The van der Waals surface area contributed by atoms with Crippen molar-refractivity contribution in [1.82, 2.24) is 15.2 Å². The van der Waals surface area contributed by atoms with Crippen molar-refractivity contribution >= 4 is 50.2 Å². The van der Waals surface area contributed by atoms with E-state index in [2.05, 4.69) is 46.7 Å². The fourth-order valence-corrected chi connectivity index (χ4v) is 6.76. The maximum atomic E-state index is 13.9. The first kappa shape index (κ1) is 32.8. The molecule has 2 aromatic rings. The lowest BCUT2D eigenvalue weighted by atomic mass is 9.88. The second kappa shape index (κ2) is 14.9. The predicted octanol–water partition coefficient (Wildman–Crippen LogP) is 6.54. The van der Waals surface area contributed by atoms with Gasteiger partial charge in [0.25, 0.3) is 0 Å². The van der Waals surface area contributed by atoms with Crippen molar-refractivity contribution in [1.29, 1.82) is 0 Å². The Bertz CT molecular complexity index is 1240. The molecular formula is C33H46BrN3O4. The van der Waals surface area contributed by atoms with E-state index in [4.69, 9.17) is 0 Å². The van der Waals surface area contributed by atoms with Crippen LogP contribution in [0, 0.1) is 17.8 Å². The van der Waals surface area contributed by atoms with Crippen LogP contribution in [0.15, 0.2) is 41.5 Å². The number of rotatable bonds is 14. The second-order valence-electron chi connectivity index (χ2n) is 12.2. The Balaban J connectivity index is 1.88. The van der Waals surface area contributed by atoms with Crippen LogP contribution in [0.4, 0.5) is 0 Å². The number of para-hydroxylation sites is 1. The fourth-order valence-electron chi connectivity index (χ4n) is 6.17. The largest absolute Gasteiger partial charge is 0.349 e. The first-order valence-corrected chi connectivity index (χ1v) is 15.7. The maximum absolute atomic E-state index is 13.9. The SMILES string of the molecule is C=CC[C@@H](CC(=O)[C@@H](Cc1c(Br)[nH]c2ccccc12)NC(=O)[C@@H](CC(=O)N1[C@H](C)CCC[C@@H]1C)CC(C)C)C(C)=O. The number of halogens is 1. The summed E-state index contributed by atoms with van der Waals surface area (Å²) < 4.78 is 0.752. The zero-order valence-corrected chi connectivity index (χ0v) is 26.8. The van der Waals surface area contributed by atoms with Gasteiger partial charge in [0.05, 0.1) is 10.6 Å². The number of ketones is 2. The zero-order chi connectivity index (χ0) is 30.3. The molecule has 0 radical (unpaired) electrons. The maximum Gasteiger partial charge on any atom is 0.224 e. The number of carbonyl (C=O) groups excluding carboxylic acids is 4. The van der Waals surface area contributed by atoms with Gasteiger partial charge in [-0.3, -0.25) is 19.2 Å². The molecular weight excluding hydrogens is 582 g/mol. The highest BCUT2D eigenvalue weighted by Gasteiger charge is 2.34. The number of benzene rings is 1. The summed E-state index contributed by atoms with van der Waals surface area (Å²) in [6.45, 7) is 13.5. The van der Waals surface area contributed by atoms with Crippen molar-refractivity contribution < 1.29 is 19.2 Å². The van der Waals surface area contributed by atoms with Gasteiger partial charge in [-0.25, -0.2) is 0 Å².